The summed E-state index contributed by atoms with van der Waals surface area (Å²) in [6.07, 6.45) is 0. The summed E-state index contributed by atoms with van der Waals surface area (Å²) in [6, 6.07) is 4.90. The number of ether oxygens (including phenoxy) is 1. The topological polar surface area (TPSA) is 72.6 Å². The van der Waals surface area contributed by atoms with Gasteiger partial charge in [0.15, 0.2) is 0 Å². The number of nitrogens with two attached hydrogens (primary N) is 1. The summed E-state index contributed by atoms with van der Waals surface area (Å²) >= 11 is 0. The summed E-state index contributed by atoms with van der Waals surface area (Å²) in [6.45, 7) is 6.97. The Balaban J connectivity index is 3.13. The van der Waals surface area contributed by atoms with Crippen LogP contribution in [0.3, 0.4) is 0 Å². The molecule has 5 nitrogen and oxygen atoms in total. The maximum Gasteiger partial charge on any atom is 0.243 e. The van der Waals surface area contributed by atoms with Crippen molar-refractivity contribution in [2.24, 2.45) is 5.92 Å². The molecule has 0 heterocycles. The molecule has 0 radical (unpaired) electrons. The first-order valence-electron chi connectivity index (χ1n) is 6.63. The van der Waals surface area contributed by atoms with E-state index in [2.05, 4.69) is 0 Å². The first-order valence-corrected chi connectivity index (χ1v) is 8.07. The highest BCUT2D eigenvalue weighted by Gasteiger charge is 2.25. The Hall–Kier alpha value is -1.11. The molecule has 0 bridgehead atoms. The van der Waals surface area contributed by atoms with Crippen molar-refractivity contribution >= 4 is 15.7 Å². The zero-order valence-electron chi connectivity index (χ0n) is 12.6. The maximum absolute atomic E-state index is 12.7. The standard InChI is InChI=1S/C14H24N2O3S/c1-11(2)10-16(5-6-19-4)20(17,18)14-8-12(3)7-13(15)9-14/h7-9,11H,5-6,10,15H2,1-4H3. The van der Waals surface area contributed by atoms with E-state index in [1.54, 1.807) is 19.2 Å². The fourth-order valence-electron chi connectivity index (χ4n) is 1.98. The van der Waals surface area contributed by atoms with Crippen LogP contribution >= 0.6 is 0 Å². The number of aryl methyl sites for hydroxylation is 1. The number of hydrogen-bond donors (Lipinski definition) is 1. The van der Waals surface area contributed by atoms with Gasteiger partial charge in [-0.1, -0.05) is 13.8 Å². The molecular weight excluding hydrogens is 276 g/mol. The number of nitrogen functional groups attached to an aromatic ring is 1. The molecule has 0 aliphatic rings. The molecule has 1 rings (SSSR count). The molecule has 0 saturated heterocycles. The molecule has 0 amide bonds. The smallest absolute Gasteiger partial charge is 0.243 e. The number of benzene rings is 1. The van der Waals surface area contributed by atoms with Gasteiger partial charge in [0.2, 0.25) is 10.0 Å². The Morgan fingerprint density at radius 2 is 1.95 bits per heavy atom. The number of rotatable bonds is 7. The minimum atomic E-state index is -3.54. The molecule has 0 fully saturated rings. The van der Waals surface area contributed by atoms with Crippen molar-refractivity contribution in [1.82, 2.24) is 4.31 Å². The minimum absolute atomic E-state index is 0.240. The normalized spacial score (nSPS) is 12.3. The number of hydrogen-bond acceptors (Lipinski definition) is 4. The second kappa shape index (κ2) is 7.06. The second-order valence-electron chi connectivity index (χ2n) is 5.33. The summed E-state index contributed by atoms with van der Waals surface area (Å²) in [5, 5.41) is 0. The van der Waals surface area contributed by atoms with Crippen LogP contribution < -0.4 is 5.73 Å². The molecule has 0 unspecified atom stereocenters. The SMILES string of the molecule is COCCN(CC(C)C)S(=O)(=O)c1cc(C)cc(N)c1. The highest BCUT2D eigenvalue weighted by molar-refractivity contribution is 7.89. The monoisotopic (exact) mass is 300 g/mol. The lowest BCUT2D eigenvalue weighted by Crippen LogP contribution is -2.36. The zero-order chi connectivity index (χ0) is 15.3. The molecular formula is C14H24N2O3S. The average Bonchev–Trinajstić information content (AvgIpc) is 2.32. The molecule has 114 valence electrons. The van der Waals surface area contributed by atoms with Gasteiger partial charge >= 0.3 is 0 Å². The van der Waals surface area contributed by atoms with E-state index in [0.717, 1.165) is 5.56 Å². The van der Waals surface area contributed by atoms with Gasteiger partial charge in [0.1, 0.15) is 0 Å². The molecule has 0 spiro atoms. The van der Waals surface area contributed by atoms with E-state index in [9.17, 15) is 8.42 Å². The summed E-state index contributed by atoms with van der Waals surface area (Å²) in [5.41, 5.74) is 7.04. The van der Waals surface area contributed by atoms with Crippen LogP contribution in [0.5, 0.6) is 0 Å². The summed E-state index contributed by atoms with van der Waals surface area (Å²) < 4.78 is 31.8. The summed E-state index contributed by atoms with van der Waals surface area (Å²) in [5.74, 6) is 0.240. The first kappa shape index (κ1) is 16.9. The van der Waals surface area contributed by atoms with E-state index in [-0.39, 0.29) is 10.8 Å². The fourth-order valence-corrected chi connectivity index (χ4v) is 3.71. The lowest BCUT2D eigenvalue weighted by Gasteiger charge is -2.24. The van der Waals surface area contributed by atoms with Crippen molar-refractivity contribution in [3.63, 3.8) is 0 Å². The van der Waals surface area contributed by atoms with E-state index in [0.29, 0.717) is 25.4 Å². The molecule has 0 aliphatic carbocycles. The van der Waals surface area contributed by atoms with E-state index < -0.39 is 10.0 Å². The van der Waals surface area contributed by atoms with Crippen molar-refractivity contribution in [1.29, 1.82) is 0 Å². The van der Waals surface area contributed by atoms with Crippen molar-refractivity contribution < 1.29 is 13.2 Å². The van der Waals surface area contributed by atoms with Crippen LogP contribution in [0.2, 0.25) is 0 Å². The van der Waals surface area contributed by atoms with E-state index in [1.165, 1.54) is 10.4 Å². The third-order valence-electron chi connectivity index (χ3n) is 2.82. The lowest BCUT2D eigenvalue weighted by molar-refractivity contribution is 0.175. The Morgan fingerprint density at radius 1 is 1.30 bits per heavy atom. The maximum atomic E-state index is 12.7. The van der Waals surface area contributed by atoms with Crippen molar-refractivity contribution in [3.8, 4) is 0 Å². The van der Waals surface area contributed by atoms with Gasteiger partial charge in [0, 0.05) is 25.9 Å². The number of nitrogens with zero attached hydrogens (tertiary/aromatic N) is 1. The Bertz CT molecular complexity index is 521. The van der Waals surface area contributed by atoms with Crippen molar-refractivity contribution in [2.75, 3.05) is 32.5 Å². The highest BCUT2D eigenvalue weighted by Crippen LogP contribution is 2.21. The molecule has 1 aromatic carbocycles. The van der Waals surface area contributed by atoms with Crippen molar-refractivity contribution in [2.45, 2.75) is 25.7 Å². The zero-order valence-corrected chi connectivity index (χ0v) is 13.4. The summed E-state index contributed by atoms with van der Waals surface area (Å²) in [7, 11) is -1.98. The molecule has 0 saturated carbocycles. The predicted molar refractivity (Wildman–Crippen MR) is 81.1 cm³/mol. The summed E-state index contributed by atoms with van der Waals surface area (Å²) in [4.78, 5) is 0.242. The minimum Gasteiger partial charge on any atom is -0.399 e. The van der Waals surface area contributed by atoms with Gasteiger partial charge in [-0.05, 0) is 36.6 Å². The lowest BCUT2D eigenvalue weighted by atomic mass is 10.2. The van der Waals surface area contributed by atoms with Crippen LogP contribution in [0.15, 0.2) is 23.1 Å². The van der Waals surface area contributed by atoms with Gasteiger partial charge in [-0.25, -0.2) is 8.42 Å². The Morgan fingerprint density at radius 3 is 2.45 bits per heavy atom. The highest BCUT2D eigenvalue weighted by atomic mass is 32.2. The third kappa shape index (κ3) is 4.47. The van der Waals surface area contributed by atoms with E-state index in [1.807, 2.05) is 20.8 Å². The first-order chi connectivity index (χ1) is 9.27. The molecule has 0 atom stereocenters. The van der Waals surface area contributed by atoms with Crippen molar-refractivity contribution in [3.05, 3.63) is 23.8 Å². The largest absolute Gasteiger partial charge is 0.399 e. The van der Waals surface area contributed by atoms with Crippen LogP contribution in [-0.4, -0.2) is 39.5 Å². The van der Waals surface area contributed by atoms with Gasteiger partial charge in [0.05, 0.1) is 11.5 Å². The van der Waals surface area contributed by atoms with Crippen LogP contribution in [0.4, 0.5) is 5.69 Å². The number of anilines is 1. The number of sulfonamides is 1. The van der Waals surface area contributed by atoms with Crippen LogP contribution in [-0.2, 0) is 14.8 Å². The molecule has 0 aliphatic heterocycles. The molecule has 1 aromatic rings. The third-order valence-corrected chi connectivity index (χ3v) is 4.67. The van der Waals surface area contributed by atoms with Gasteiger partial charge in [-0.3, -0.25) is 0 Å². The molecule has 20 heavy (non-hydrogen) atoms. The van der Waals surface area contributed by atoms with Gasteiger partial charge < -0.3 is 10.5 Å². The molecule has 6 heteroatoms. The fraction of sp³-hybridized carbons (Fsp3) is 0.571. The Kier molecular flexibility index (Phi) is 5.98. The van der Waals surface area contributed by atoms with Crippen LogP contribution in [0.25, 0.3) is 0 Å². The number of methoxy groups -OCH3 is 1. The second-order valence-corrected chi connectivity index (χ2v) is 7.27. The quantitative estimate of drug-likeness (QED) is 0.780. The van der Waals surface area contributed by atoms with Crippen LogP contribution in [0, 0.1) is 12.8 Å². The Labute approximate surface area is 121 Å². The average molecular weight is 300 g/mol. The van der Waals surface area contributed by atoms with Gasteiger partial charge in [0.25, 0.3) is 0 Å². The predicted octanol–water partition coefficient (Wildman–Crippen LogP) is 1.87. The van der Waals surface area contributed by atoms with Gasteiger partial charge in [-0.2, -0.15) is 4.31 Å². The van der Waals surface area contributed by atoms with Gasteiger partial charge in [-0.15, -0.1) is 0 Å². The molecule has 2 N–H and O–H groups in total. The van der Waals surface area contributed by atoms with E-state index in [4.69, 9.17) is 10.5 Å². The van der Waals surface area contributed by atoms with Crippen LogP contribution in [0.1, 0.15) is 19.4 Å². The van der Waals surface area contributed by atoms with E-state index >= 15 is 0 Å². The molecule has 0 aromatic heterocycles.